The van der Waals surface area contributed by atoms with E-state index in [4.69, 9.17) is 0 Å². The van der Waals surface area contributed by atoms with Crippen molar-refractivity contribution in [2.75, 3.05) is 5.75 Å². The minimum atomic E-state index is -0.434. The molecular formula is C7H10N3O2S. The van der Waals surface area contributed by atoms with Crippen LogP contribution in [0, 0.1) is 24.0 Å². The van der Waals surface area contributed by atoms with Gasteiger partial charge in [-0.3, -0.25) is 0 Å². The van der Waals surface area contributed by atoms with Crippen LogP contribution in [0.4, 0.5) is 5.82 Å². The lowest BCUT2D eigenvalue weighted by Crippen LogP contribution is -1.98. The van der Waals surface area contributed by atoms with Gasteiger partial charge in [-0.25, -0.2) is 4.98 Å². The van der Waals surface area contributed by atoms with Gasteiger partial charge in [-0.15, -0.1) is 3.97 Å². The number of rotatable bonds is 4. The largest absolute Gasteiger partial charge is 0.358 e. The fourth-order valence-corrected chi connectivity index (χ4v) is 1.65. The molecule has 0 bridgehead atoms. The normalized spacial score (nSPS) is 10.3. The highest BCUT2D eigenvalue weighted by Crippen LogP contribution is 2.21. The molecule has 1 aromatic rings. The molecule has 0 unspecified atom stereocenters. The van der Waals surface area contributed by atoms with Crippen LogP contribution < -0.4 is 0 Å². The van der Waals surface area contributed by atoms with Gasteiger partial charge < -0.3 is 10.1 Å². The van der Waals surface area contributed by atoms with E-state index in [1.807, 2.05) is 0 Å². The average molecular weight is 200 g/mol. The van der Waals surface area contributed by atoms with E-state index in [1.165, 1.54) is 22.1 Å². The van der Waals surface area contributed by atoms with E-state index < -0.39 is 4.92 Å². The van der Waals surface area contributed by atoms with Crippen molar-refractivity contribution in [1.29, 1.82) is 0 Å². The van der Waals surface area contributed by atoms with Gasteiger partial charge in [-0.1, -0.05) is 6.92 Å². The Morgan fingerprint density at radius 3 is 3.08 bits per heavy atom. The van der Waals surface area contributed by atoms with Gasteiger partial charge >= 0.3 is 5.82 Å². The van der Waals surface area contributed by atoms with Gasteiger partial charge in [-0.2, -0.15) is 0 Å². The highest BCUT2D eigenvalue weighted by molar-refractivity contribution is 7.97. The minimum Gasteiger partial charge on any atom is -0.358 e. The first-order chi connectivity index (χ1) is 6.16. The SMILES string of the molecule is [CH2]CCSn1c([N+](=O)[O-])cnc1C. The van der Waals surface area contributed by atoms with E-state index in [0.717, 1.165) is 12.2 Å². The number of hydrogen-bond donors (Lipinski definition) is 0. The van der Waals surface area contributed by atoms with Gasteiger partial charge in [-0.05, 0) is 11.3 Å². The Hall–Kier alpha value is -1.04. The highest BCUT2D eigenvalue weighted by atomic mass is 32.2. The molecule has 0 atom stereocenters. The molecule has 13 heavy (non-hydrogen) atoms. The molecule has 1 aromatic heterocycles. The Morgan fingerprint density at radius 1 is 1.85 bits per heavy atom. The van der Waals surface area contributed by atoms with E-state index in [2.05, 4.69) is 11.9 Å². The summed E-state index contributed by atoms with van der Waals surface area (Å²) in [5, 5.41) is 10.5. The fourth-order valence-electron chi connectivity index (χ4n) is 0.858. The standard InChI is InChI=1S/C7H10N3O2S/c1-3-4-13-9-6(2)8-5-7(9)10(11)12/h5H,1,3-4H2,2H3. The Morgan fingerprint density at radius 2 is 2.54 bits per heavy atom. The summed E-state index contributed by atoms with van der Waals surface area (Å²) in [4.78, 5) is 14.0. The van der Waals surface area contributed by atoms with Crippen LogP contribution in [0.5, 0.6) is 0 Å². The van der Waals surface area contributed by atoms with E-state index in [9.17, 15) is 10.1 Å². The summed E-state index contributed by atoms with van der Waals surface area (Å²) in [7, 11) is 0. The highest BCUT2D eigenvalue weighted by Gasteiger charge is 2.17. The van der Waals surface area contributed by atoms with E-state index in [0.29, 0.717) is 5.82 Å². The van der Waals surface area contributed by atoms with Crippen LogP contribution in [-0.4, -0.2) is 19.6 Å². The first-order valence-electron chi connectivity index (χ1n) is 3.78. The molecule has 1 radical (unpaired) electrons. The molecular weight excluding hydrogens is 190 g/mol. The van der Waals surface area contributed by atoms with Crippen molar-refractivity contribution in [1.82, 2.24) is 8.96 Å². The summed E-state index contributed by atoms with van der Waals surface area (Å²) in [6.45, 7) is 5.40. The maximum atomic E-state index is 10.5. The van der Waals surface area contributed by atoms with Crippen LogP contribution in [0.2, 0.25) is 0 Å². The second-order valence-corrected chi connectivity index (χ2v) is 3.43. The van der Waals surface area contributed by atoms with Crippen molar-refractivity contribution in [3.8, 4) is 0 Å². The molecule has 0 saturated carbocycles. The summed E-state index contributed by atoms with van der Waals surface area (Å²) in [6.07, 6.45) is 2.00. The maximum Gasteiger partial charge on any atom is 0.354 e. The number of imidazole rings is 1. The summed E-state index contributed by atoms with van der Waals surface area (Å²) in [6, 6.07) is 0. The third-order valence-corrected chi connectivity index (χ3v) is 2.60. The molecule has 1 heterocycles. The molecule has 0 saturated heterocycles. The molecule has 1 rings (SSSR count). The molecule has 0 N–H and O–H groups in total. The monoisotopic (exact) mass is 200 g/mol. The van der Waals surface area contributed by atoms with E-state index >= 15 is 0 Å². The summed E-state index contributed by atoms with van der Waals surface area (Å²) in [5.74, 6) is 1.42. The number of aromatic nitrogens is 2. The second kappa shape index (κ2) is 4.27. The lowest BCUT2D eigenvalue weighted by Gasteiger charge is -1.98. The zero-order valence-corrected chi connectivity index (χ0v) is 8.08. The summed E-state index contributed by atoms with van der Waals surface area (Å²) < 4.78 is 1.52. The third-order valence-electron chi connectivity index (χ3n) is 1.42. The van der Waals surface area contributed by atoms with Crippen molar-refractivity contribution in [2.24, 2.45) is 0 Å². The van der Waals surface area contributed by atoms with Crippen molar-refractivity contribution in [3.05, 3.63) is 29.1 Å². The van der Waals surface area contributed by atoms with Gasteiger partial charge in [0.25, 0.3) is 0 Å². The second-order valence-electron chi connectivity index (χ2n) is 2.40. The van der Waals surface area contributed by atoms with Crippen molar-refractivity contribution >= 4 is 17.8 Å². The molecule has 0 spiro atoms. The molecule has 0 aliphatic heterocycles. The lowest BCUT2D eigenvalue weighted by atomic mass is 10.6. The predicted octanol–water partition coefficient (Wildman–Crippen LogP) is 1.82. The number of nitrogens with zero attached hydrogens (tertiary/aromatic N) is 3. The van der Waals surface area contributed by atoms with E-state index in [-0.39, 0.29) is 5.82 Å². The first kappa shape index (κ1) is 10.0. The lowest BCUT2D eigenvalue weighted by molar-refractivity contribution is -0.390. The summed E-state index contributed by atoms with van der Waals surface area (Å²) >= 11 is 1.36. The van der Waals surface area contributed by atoms with Crippen molar-refractivity contribution in [2.45, 2.75) is 13.3 Å². The minimum absolute atomic E-state index is 0.0240. The Balaban J connectivity index is 2.88. The summed E-state index contributed by atoms with van der Waals surface area (Å²) in [5.41, 5.74) is 0. The quantitative estimate of drug-likeness (QED) is 0.549. The zero-order valence-electron chi connectivity index (χ0n) is 7.27. The van der Waals surface area contributed by atoms with E-state index in [1.54, 1.807) is 6.92 Å². The van der Waals surface area contributed by atoms with Gasteiger partial charge in [0.1, 0.15) is 6.20 Å². The van der Waals surface area contributed by atoms with Gasteiger partial charge in [0.2, 0.25) is 5.82 Å². The van der Waals surface area contributed by atoms with Crippen molar-refractivity contribution < 1.29 is 4.92 Å². The van der Waals surface area contributed by atoms with Crippen molar-refractivity contribution in [3.63, 3.8) is 0 Å². The molecule has 0 aliphatic carbocycles. The number of nitro groups is 1. The fraction of sp³-hybridized carbons (Fsp3) is 0.429. The molecule has 0 amide bonds. The van der Waals surface area contributed by atoms with Crippen LogP contribution in [0.15, 0.2) is 6.20 Å². The molecule has 0 aliphatic rings. The molecule has 0 aromatic carbocycles. The van der Waals surface area contributed by atoms with Crippen LogP contribution in [-0.2, 0) is 0 Å². The van der Waals surface area contributed by atoms with Crippen LogP contribution in [0.3, 0.4) is 0 Å². The predicted molar refractivity (Wildman–Crippen MR) is 51.4 cm³/mol. The Bertz CT molecular complexity index is 311. The van der Waals surface area contributed by atoms with Crippen LogP contribution in [0.25, 0.3) is 0 Å². The Kier molecular flexibility index (Phi) is 3.30. The van der Waals surface area contributed by atoms with Gasteiger partial charge in [0, 0.05) is 12.7 Å². The molecule has 5 nitrogen and oxygen atoms in total. The van der Waals surface area contributed by atoms with Crippen LogP contribution in [0.1, 0.15) is 12.2 Å². The molecule has 0 fully saturated rings. The number of hydrogen-bond acceptors (Lipinski definition) is 4. The maximum absolute atomic E-state index is 10.5. The topological polar surface area (TPSA) is 61.0 Å². The van der Waals surface area contributed by atoms with Gasteiger partial charge in [0.05, 0.1) is 11.9 Å². The smallest absolute Gasteiger partial charge is 0.354 e. The third kappa shape index (κ3) is 2.21. The Labute approximate surface area is 80.4 Å². The first-order valence-corrected chi connectivity index (χ1v) is 4.72. The molecule has 71 valence electrons. The average Bonchev–Trinajstić information content (AvgIpc) is 2.43. The van der Waals surface area contributed by atoms with Gasteiger partial charge in [0.15, 0.2) is 0 Å². The molecule has 6 heteroatoms. The zero-order chi connectivity index (χ0) is 9.84. The van der Waals surface area contributed by atoms with Crippen LogP contribution >= 0.6 is 11.9 Å². The number of aryl methyl sites for hydroxylation is 1.